The summed E-state index contributed by atoms with van der Waals surface area (Å²) >= 11 is 3.27. The first-order valence-electron chi connectivity index (χ1n) is 6.05. The molecule has 20 heavy (non-hydrogen) atoms. The van der Waals surface area contributed by atoms with E-state index >= 15 is 0 Å². The predicted molar refractivity (Wildman–Crippen MR) is 80.6 cm³/mol. The zero-order valence-electron chi connectivity index (χ0n) is 10.8. The number of nitrogens with zero attached hydrogens (tertiary/aromatic N) is 1. The molecule has 0 spiro atoms. The molecule has 0 aliphatic heterocycles. The maximum Gasteiger partial charge on any atom is 0.217 e. The lowest BCUT2D eigenvalue weighted by atomic mass is 10.3. The van der Waals surface area contributed by atoms with E-state index in [1.165, 1.54) is 6.92 Å². The molecule has 102 valence electrons. The molecule has 4 nitrogen and oxygen atoms in total. The van der Waals surface area contributed by atoms with E-state index in [1.54, 1.807) is 22.7 Å². The number of amides is 1. The lowest BCUT2D eigenvalue weighted by molar-refractivity contribution is -0.119. The number of carbonyl (C=O) groups is 1. The number of hydrogen-bond acceptors (Lipinski definition) is 5. The van der Waals surface area contributed by atoms with Crippen LogP contribution in [0.2, 0.25) is 0 Å². The van der Waals surface area contributed by atoms with Gasteiger partial charge in [-0.1, -0.05) is 6.07 Å². The van der Waals surface area contributed by atoms with E-state index in [0.717, 1.165) is 27.1 Å². The Bertz CT molecular complexity index is 713. The topological polar surface area (TPSA) is 55.1 Å². The molecule has 0 unspecified atom stereocenters. The van der Waals surface area contributed by atoms with Gasteiger partial charge in [-0.2, -0.15) is 0 Å². The van der Waals surface area contributed by atoms with Crippen molar-refractivity contribution in [2.45, 2.75) is 13.5 Å². The van der Waals surface area contributed by atoms with E-state index in [4.69, 9.17) is 4.42 Å². The van der Waals surface area contributed by atoms with Crippen LogP contribution in [-0.4, -0.2) is 10.9 Å². The summed E-state index contributed by atoms with van der Waals surface area (Å²) in [6.07, 6.45) is 0. The van der Waals surface area contributed by atoms with E-state index < -0.39 is 0 Å². The third-order valence-electron chi connectivity index (χ3n) is 2.66. The number of nitrogens with one attached hydrogen (secondary N) is 1. The highest BCUT2D eigenvalue weighted by atomic mass is 32.1. The van der Waals surface area contributed by atoms with E-state index in [1.807, 2.05) is 29.0 Å². The summed E-state index contributed by atoms with van der Waals surface area (Å²) in [5.74, 6) is 1.38. The molecule has 3 heterocycles. The largest absolute Gasteiger partial charge is 0.458 e. The Balaban J connectivity index is 1.78. The van der Waals surface area contributed by atoms with Crippen molar-refractivity contribution in [3.63, 3.8) is 0 Å². The number of hydrogen-bond donors (Lipinski definition) is 1. The van der Waals surface area contributed by atoms with E-state index in [9.17, 15) is 4.79 Å². The van der Waals surface area contributed by atoms with Gasteiger partial charge in [0.1, 0.15) is 16.5 Å². The lowest BCUT2D eigenvalue weighted by Gasteiger charge is -1.97. The number of aromatic nitrogens is 1. The minimum atomic E-state index is -0.0726. The summed E-state index contributed by atoms with van der Waals surface area (Å²) in [6.45, 7) is 1.88. The molecule has 0 saturated carbocycles. The molecular formula is C14H12N2O2S2. The smallest absolute Gasteiger partial charge is 0.217 e. The normalized spacial score (nSPS) is 10.7. The van der Waals surface area contributed by atoms with Gasteiger partial charge in [-0.3, -0.25) is 4.79 Å². The van der Waals surface area contributed by atoms with Crippen molar-refractivity contribution in [3.05, 3.63) is 40.8 Å². The molecule has 1 amide bonds. The van der Waals surface area contributed by atoms with Gasteiger partial charge in [-0.15, -0.1) is 22.7 Å². The van der Waals surface area contributed by atoms with Crippen molar-refractivity contribution in [1.82, 2.24) is 10.3 Å². The first kappa shape index (κ1) is 13.1. The highest BCUT2D eigenvalue weighted by Crippen LogP contribution is 2.32. The summed E-state index contributed by atoms with van der Waals surface area (Å²) in [5, 5.41) is 7.72. The summed E-state index contributed by atoms with van der Waals surface area (Å²) in [4.78, 5) is 16.6. The van der Waals surface area contributed by atoms with Crippen molar-refractivity contribution in [1.29, 1.82) is 0 Å². The zero-order chi connectivity index (χ0) is 13.9. The van der Waals surface area contributed by atoms with Crippen LogP contribution in [0.3, 0.4) is 0 Å². The third-order valence-corrected chi connectivity index (χ3v) is 4.54. The molecule has 0 fully saturated rings. The zero-order valence-corrected chi connectivity index (χ0v) is 12.4. The van der Waals surface area contributed by atoms with Crippen LogP contribution < -0.4 is 5.32 Å². The van der Waals surface area contributed by atoms with Crippen LogP contribution >= 0.6 is 22.7 Å². The summed E-state index contributed by atoms with van der Waals surface area (Å²) in [5.41, 5.74) is 0.826. The summed E-state index contributed by atoms with van der Waals surface area (Å²) in [7, 11) is 0. The minimum Gasteiger partial charge on any atom is -0.458 e. The second-order valence-electron chi connectivity index (χ2n) is 4.19. The van der Waals surface area contributed by atoms with Crippen LogP contribution in [0, 0.1) is 0 Å². The van der Waals surface area contributed by atoms with Gasteiger partial charge in [0.15, 0.2) is 5.76 Å². The maximum atomic E-state index is 10.9. The number of rotatable bonds is 4. The SMILES string of the molecule is CC(=O)NCc1ccc(-c2csc(-c3cccs3)n2)o1. The maximum absolute atomic E-state index is 10.9. The fraction of sp³-hybridized carbons (Fsp3) is 0.143. The van der Waals surface area contributed by atoms with Gasteiger partial charge in [-0.05, 0) is 23.6 Å². The van der Waals surface area contributed by atoms with Gasteiger partial charge >= 0.3 is 0 Å². The van der Waals surface area contributed by atoms with Gasteiger partial charge in [0.25, 0.3) is 0 Å². The lowest BCUT2D eigenvalue weighted by Crippen LogP contribution is -2.18. The van der Waals surface area contributed by atoms with E-state index in [2.05, 4.69) is 16.4 Å². The molecule has 1 N–H and O–H groups in total. The van der Waals surface area contributed by atoms with Crippen molar-refractivity contribution in [2.24, 2.45) is 0 Å². The number of thiazole rings is 1. The van der Waals surface area contributed by atoms with Crippen LogP contribution in [-0.2, 0) is 11.3 Å². The molecule has 0 aliphatic carbocycles. The van der Waals surface area contributed by atoms with Gasteiger partial charge in [-0.25, -0.2) is 4.98 Å². The fourth-order valence-electron chi connectivity index (χ4n) is 1.72. The molecule has 3 rings (SSSR count). The van der Waals surface area contributed by atoms with Crippen molar-refractivity contribution in [3.8, 4) is 21.3 Å². The molecule has 0 aromatic carbocycles. The van der Waals surface area contributed by atoms with Crippen LogP contribution in [0.1, 0.15) is 12.7 Å². The molecular weight excluding hydrogens is 292 g/mol. The van der Waals surface area contributed by atoms with Crippen LogP contribution in [0.4, 0.5) is 0 Å². The predicted octanol–water partition coefficient (Wildman–Crippen LogP) is 3.77. The summed E-state index contributed by atoms with van der Waals surface area (Å²) < 4.78 is 5.68. The second kappa shape index (κ2) is 5.60. The Morgan fingerprint density at radius 2 is 2.25 bits per heavy atom. The quantitative estimate of drug-likeness (QED) is 0.798. The Labute approximate surface area is 124 Å². The van der Waals surface area contributed by atoms with Gasteiger partial charge in [0, 0.05) is 12.3 Å². The first-order valence-corrected chi connectivity index (χ1v) is 7.81. The average Bonchev–Trinajstić information content (AvgIpc) is 3.15. The monoisotopic (exact) mass is 304 g/mol. The van der Waals surface area contributed by atoms with Gasteiger partial charge in [0.05, 0.1) is 11.4 Å². The van der Waals surface area contributed by atoms with Crippen LogP contribution in [0.5, 0.6) is 0 Å². The summed E-state index contributed by atoms with van der Waals surface area (Å²) in [6, 6.07) is 7.80. The Morgan fingerprint density at radius 3 is 3.00 bits per heavy atom. The molecule has 3 aromatic heterocycles. The molecule has 0 radical (unpaired) electrons. The Morgan fingerprint density at radius 1 is 1.35 bits per heavy atom. The standard InChI is InChI=1S/C14H12N2O2S2/c1-9(17)15-7-10-4-5-12(18-10)11-8-20-14(16-11)13-3-2-6-19-13/h2-6,8H,7H2,1H3,(H,15,17). The molecule has 6 heteroatoms. The van der Waals surface area contributed by atoms with E-state index in [0.29, 0.717) is 6.54 Å². The van der Waals surface area contributed by atoms with Crippen LogP contribution in [0.15, 0.2) is 39.4 Å². The highest BCUT2D eigenvalue weighted by Gasteiger charge is 2.11. The number of furan rings is 1. The van der Waals surface area contributed by atoms with Crippen molar-refractivity contribution >= 4 is 28.6 Å². The average molecular weight is 304 g/mol. The molecule has 0 bridgehead atoms. The minimum absolute atomic E-state index is 0.0726. The molecule has 0 saturated heterocycles. The van der Waals surface area contributed by atoms with Gasteiger partial charge in [0.2, 0.25) is 5.91 Å². The first-order chi connectivity index (χ1) is 9.72. The second-order valence-corrected chi connectivity index (χ2v) is 6.00. The third kappa shape index (κ3) is 2.81. The molecule has 0 atom stereocenters. The fourth-order valence-corrected chi connectivity index (χ4v) is 3.35. The Kier molecular flexibility index (Phi) is 3.66. The molecule has 0 aliphatic rings. The van der Waals surface area contributed by atoms with Crippen LogP contribution in [0.25, 0.3) is 21.3 Å². The number of carbonyl (C=O) groups excluding carboxylic acids is 1. The van der Waals surface area contributed by atoms with Crippen molar-refractivity contribution in [2.75, 3.05) is 0 Å². The Hall–Kier alpha value is -1.92. The van der Waals surface area contributed by atoms with E-state index in [-0.39, 0.29) is 5.91 Å². The van der Waals surface area contributed by atoms with Gasteiger partial charge < -0.3 is 9.73 Å². The highest BCUT2D eigenvalue weighted by molar-refractivity contribution is 7.20. The molecule has 3 aromatic rings. The van der Waals surface area contributed by atoms with Crippen molar-refractivity contribution < 1.29 is 9.21 Å². The number of thiophene rings is 1.